The summed E-state index contributed by atoms with van der Waals surface area (Å²) < 4.78 is 0. The summed E-state index contributed by atoms with van der Waals surface area (Å²) in [5.74, 6) is 0.117. The average molecular weight is 246 g/mol. The normalized spacial score (nSPS) is 19.5. The Morgan fingerprint density at radius 3 is 2.78 bits per heavy atom. The Kier molecular flexibility index (Phi) is 4.76. The van der Waals surface area contributed by atoms with E-state index in [1.54, 1.807) is 0 Å². The Balaban J connectivity index is 1.73. The molecule has 1 saturated heterocycles. The predicted molar refractivity (Wildman–Crippen MR) is 73.5 cm³/mol. The number of aryl methyl sites for hydroxylation is 1. The number of piperidine rings is 1. The first-order valence-electron chi connectivity index (χ1n) is 6.79. The van der Waals surface area contributed by atoms with Gasteiger partial charge in [0.15, 0.2) is 0 Å². The van der Waals surface area contributed by atoms with Crippen molar-refractivity contribution in [3.05, 3.63) is 35.4 Å². The first-order valence-corrected chi connectivity index (χ1v) is 6.79. The Morgan fingerprint density at radius 2 is 2.11 bits per heavy atom. The molecule has 1 fully saturated rings. The van der Waals surface area contributed by atoms with E-state index in [1.807, 2.05) is 24.3 Å². The topological polar surface area (TPSA) is 41.1 Å². The van der Waals surface area contributed by atoms with Crippen LogP contribution in [0.5, 0.6) is 0 Å². The molecule has 1 aliphatic rings. The summed E-state index contributed by atoms with van der Waals surface area (Å²) in [6.45, 7) is 3.89. The molecular formula is C15H22N2O. The quantitative estimate of drug-likeness (QED) is 0.850. The van der Waals surface area contributed by atoms with Crippen molar-refractivity contribution in [1.82, 2.24) is 10.6 Å². The molecule has 98 valence electrons. The Hall–Kier alpha value is -1.35. The van der Waals surface area contributed by atoms with E-state index in [4.69, 9.17) is 0 Å². The van der Waals surface area contributed by atoms with Crippen molar-refractivity contribution >= 4 is 5.91 Å². The van der Waals surface area contributed by atoms with Gasteiger partial charge in [0.25, 0.3) is 0 Å². The molecule has 0 aromatic heterocycles. The van der Waals surface area contributed by atoms with Gasteiger partial charge in [-0.15, -0.1) is 0 Å². The second kappa shape index (κ2) is 6.55. The summed E-state index contributed by atoms with van der Waals surface area (Å²) >= 11 is 0. The number of benzene rings is 1. The first kappa shape index (κ1) is 13.1. The van der Waals surface area contributed by atoms with E-state index in [0.717, 1.165) is 18.7 Å². The van der Waals surface area contributed by atoms with Gasteiger partial charge in [0, 0.05) is 12.6 Å². The summed E-state index contributed by atoms with van der Waals surface area (Å²) in [5.41, 5.74) is 2.31. The van der Waals surface area contributed by atoms with Crippen molar-refractivity contribution in [2.45, 2.75) is 38.6 Å². The molecule has 3 nitrogen and oxygen atoms in total. The smallest absolute Gasteiger partial charge is 0.224 e. The Bertz CT molecular complexity index is 380. The molecule has 1 atom stereocenters. The zero-order valence-electron chi connectivity index (χ0n) is 11.0. The lowest BCUT2D eigenvalue weighted by Crippen LogP contribution is -2.43. The summed E-state index contributed by atoms with van der Waals surface area (Å²) in [6.07, 6.45) is 4.18. The van der Waals surface area contributed by atoms with E-state index in [-0.39, 0.29) is 5.91 Å². The molecule has 0 aliphatic carbocycles. The van der Waals surface area contributed by atoms with Crippen molar-refractivity contribution in [1.29, 1.82) is 0 Å². The fourth-order valence-corrected chi connectivity index (χ4v) is 2.29. The van der Waals surface area contributed by atoms with Gasteiger partial charge in [-0.25, -0.2) is 0 Å². The van der Waals surface area contributed by atoms with Crippen LogP contribution < -0.4 is 10.6 Å². The second-order valence-electron chi connectivity index (χ2n) is 5.11. The minimum Gasteiger partial charge on any atom is -0.354 e. The molecule has 3 heteroatoms. The maximum Gasteiger partial charge on any atom is 0.224 e. The van der Waals surface area contributed by atoms with Gasteiger partial charge in [-0.05, 0) is 31.9 Å². The predicted octanol–water partition coefficient (Wildman–Crippen LogP) is 1.80. The van der Waals surface area contributed by atoms with Gasteiger partial charge < -0.3 is 10.6 Å². The SMILES string of the molecule is Cc1ccc(CC(=O)NCC2CCCCN2)cc1. The second-order valence-corrected chi connectivity index (χ2v) is 5.11. The summed E-state index contributed by atoms with van der Waals surface area (Å²) in [4.78, 5) is 11.8. The van der Waals surface area contributed by atoms with Crippen LogP contribution in [0.2, 0.25) is 0 Å². The summed E-state index contributed by atoms with van der Waals surface area (Å²) in [5, 5.41) is 6.45. The number of nitrogens with one attached hydrogen (secondary N) is 2. The highest BCUT2D eigenvalue weighted by Gasteiger charge is 2.13. The molecule has 1 amide bonds. The van der Waals surface area contributed by atoms with Crippen molar-refractivity contribution in [2.24, 2.45) is 0 Å². The highest BCUT2D eigenvalue weighted by Crippen LogP contribution is 2.06. The molecule has 2 rings (SSSR count). The van der Waals surface area contributed by atoms with Crippen LogP contribution in [0.25, 0.3) is 0 Å². The van der Waals surface area contributed by atoms with Gasteiger partial charge in [0.1, 0.15) is 0 Å². The van der Waals surface area contributed by atoms with Gasteiger partial charge >= 0.3 is 0 Å². The third-order valence-corrected chi connectivity index (χ3v) is 3.44. The molecule has 1 aliphatic heterocycles. The van der Waals surface area contributed by atoms with Crippen molar-refractivity contribution in [3.63, 3.8) is 0 Å². The van der Waals surface area contributed by atoms with E-state index in [9.17, 15) is 4.79 Å². The number of hydrogen-bond acceptors (Lipinski definition) is 2. The molecule has 0 spiro atoms. The number of carbonyl (C=O) groups is 1. The lowest BCUT2D eigenvalue weighted by atomic mass is 10.0. The van der Waals surface area contributed by atoms with Crippen LogP contribution >= 0.6 is 0 Å². The standard InChI is InChI=1S/C15H22N2O/c1-12-5-7-13(8-6-12)10-15(18)17-11-14-4-2-3-9-16-14/h5-8,14,16H,2-4,9-11H2,1H3,(H,17,18). The van der Waals surface area contributed by atoms with Crippen LogP contribution in [-0.2, 0) is 11.2 Å². The Labute approximate surface area is 109 Å². The van der Waals surface area contributed by atoms with E-state index >= 15 is 0 Å². The van der Waals surface area contributed by atoms with Gasteiger partial charge in [-0.3, -0.25) is 4.79 Å². The number of rotatable bonds is 4. The molecule has 0 radical (unpaired) electrons. The fraction of sp³-hybridized carbons (Fsp3) is 0.533. The van der Waals surface area contributed by atoms with Gasteiger partial charge in [0.05, 0.1) is 6.42 Å². The largest absolute Gasteiger partial charge is 0.354 e. The van der Waals surface area contributed by atoms with Gasteiger partial charge in [-0.1, -0.05) is 36.2 Å². The van der Waals surface area contributed by atoms with Crippen LogP contribution in [-0.4, -0.2) is 25.0 Å². The average Bonchev–Trinajstić information content (AvgIpc) is 2.40. The zero-order valence-corrected chi connectivity index (χ0v) is 11.0. The molecular weight excluding hydrogens is 224 g/mol. The molecule has 1 aromatic rings. The highest BCUT2D eigenvalue weighted by atomic mass is 16.1. The van der Waals surface area contributed by atoms with Crippen molar-refractivity contribution < 1.29 is 4.79 Å². The molecule has 0 bridgehead atoms. The number of hydrogen-bond donors (Lipinski definition) is 2. The van der Waals surface area contributed by atoms with E-state index in [0.29, 0.717) is 12.5 Å². The third-order valence-electron chi connectivity index (χ3n) is 3.44. The summed E-state index contributed by atoms with van der Waals surface area (Å²) in [6, 6.07) is 8.60. The first-order chi connectivity index (χ1) is 8.74. The third kappa shape index (κ3) is 4.15. The van der Waals surface area contributed by atoms with E-state index in [2.05, 4.69) is 17.6 Å². The molecule has 2 N–H and O–H groups in total. The molecule has 1 aromatic carbocycles. The molecule has 1 unspecified atom stereocenters. The van der Waals surface area contributed by atoms with Crippen LogP contribution in [0.4, 0.5) is 0 Å². The van der Waals surface area contributed by atoms with Crippen LogP contribution in [0.1, 0.15) is 30.4 Å². The van der Waals surface area contributed by atoms with Gasteiger partial charge in [-0.2, -0.15) is 0 Å². The zero-order chi connectivity index (χ0) is 12.8. The molecule has 0 saturated carbocycles. The summed E-state index contributed by atoms with van der Waals surface area (Å²) in [7, 11) is 0. The van der Waals surface area contributed by atoms with Crippen molar-refractivity contribution in [2.75, 3.05) is 13.1 Å². The maximum atomic E-state index is 11.8. The molecule has 18 heavy (non-hydrogen) atoms. The lowest BCUT2D eigenvalue weighted by molar-refractivity contribution is -0.120. The minimum absolute atomic E-state index is 0.117. The van der Waals surface area contributed by atoms with E-state index in [1.165, 1.54) is 24.8 Å². The minimum atomic E-state index is 0.117. The number of amides is 1. The fourth-order valence-electron chi connectivity index (χ4n) is 2.29. The highest BCUT2D eigenvalue weighted by molar-refractivity contribution is 5.78. The lowest BCUT2D eigenvalue weighted by Gasteiger charge is -2.23. The molecule has 1 heterocycles. The Morgan fingerprint density at radius 1 is 1.33 bits per heavy atom. The number of carbonyl (C=O) groups excluding carboxylic acids is 1. The van der Waals surface area contributed by atoms with Crippen LogP contribution in [0.15, 0.2) is 24.3 Å². The van der Waals surface area contributed by atoms with Gasteiger partial charge in [0.2, 0.25) is 5.91 Å². The monoisotopic (exact) mass is 246 g/mol. The van der Waals surface area contributed by atoms with E-state index < -0.39 is 0 Å². The maximum absolute atomic E-state index is 11.8. The van der Waals surface area contributed by atoms with Crippen LogP contribution in [0, 0.1) is 6.92 Å². The van der Waals surface area contributed by atoms with Crippen molar-refractivity contribution in [3.8, 4) is 0 Å². The van der Waals surface area contributed by atoms with Crippen LogP contribution in [0.3, 0.4) is 0 Å².